The van der Waals surface area contributed by atoms with E-state index in [4.69, 9.17) is 18.9 Å². The highest BCUT2D eigenvalue weighted by molar-refractivity contribution is 6.31. The fourth-order valence-electron chi connectivity index (χ4n) is 3.16. The van der Waals surface area contributed by atoms with Gasteiger partial charge >= 0.3 is 47.8 Å². The fourth-order valence-corrected chi connectivity index (χ4v) is 3.16. The maximum Gasteiger partial charge on any atom is 0.417 e. The highest BCUT2D eigenvalue weighted by atomic mass is 16.6. The highest BCUT2D eigenvalue weighted by Gasteiger charge is 2.41. The van der Waals surface area contributed by atoms with E-state index in [0.717, 1.165) is 24.3 Å². The molecule has 0 aliphatic carbocycles. The van der Waals surface area contributed by atoms with Crippen LogP contribution in [0.3, 0.4) is 0 Å². The van der Waals surface area contributed by atoms with Crippen LogP contribution in [0.4, 0.5) is 0 Å². The van der Waals surface area contributed by atoms with Gasteiger partial charge in [-0.2, -0.15) is 0 Å². The number of hydrogen-bond acceptors (Lipinski definition) is 20. The maximum atomic E-state index is 12.5. The monoisotopic (exact) mass is 812 g/mol. The average molecular weight is 813 g/mol. The number of esters is 8. The fraction of sp³-hybridized carbons (Fsp3) is 0.394. The molecule has 0 saturated carbocycles. The lowest BCUT2D eigenvalue weighted by Gasteiger charge is -2.30. The molecule has 0 aliphatic heterocycles. The minimum Gasteiger partial charge on any atom is -0.456 e. The Morgan fingerprint density at radius 3 is 0.684 bits per heavy atom. The van der Waals surface area contributed by atoms with Gasteiger partial charge in [0.1, 0.15) is 58.3 Å². The Morgan fingerprint density at radius 1 is 0.333 bits per heavy atom. The largest absolute Gasteiger partial charge is 0.456 e. The lowest BCUT2D eigenvalue weighted by atomic mass is 9.92. The van der Waals surface area contributed by atoms with Crippen molar-refractivity contribution in [3.05, 3.63) is 50.6 Å². The van der Waals surface area contributed by atoms with Gasteiger partial charge in [-0.05, 0) is 24.3 Å². The zero-order valence-corrected chi connectivity index (χ0v) is 30.3. The van der Waals surface area contributed by atoms with Gasteiger partial charge in [0.2, 0.25) is 23.6 Å². The molecule has 0 heterocycles. The molecule has 24 heteroatoms. The lowest BCUT2D eigenvalue weighted by Crippen LogP contribution is -2.46. The van der Waals surface area contributed by atoms with Gasteiger partial charge in [-0.1, -0.05) is 26.3 Å². The van der Waals surface area contributed by atoms with Gasteiger partial charge < -0.3 is 59.2 Å². The molecule has 24 nitrogen and oxygen atoms in total. The minimum absolute atomic E-state index is 0.264. The molecule has 0 aliphatic rings. The smallest absolute Gasteiger partial charge is 0.417 e. The summed E-state index contributed by atoms with van der Waals surface area (Å²) in [7, 11) is 0. The molecular formula is C33H40N4O20. The Hall–Kier alpha value is -7.40. The van der Waals surface area contributed by atoms with Gasteiger partial charge in [-0.15, -0.1) is 0 Å². The van der Waals surface area contributed by atoms with Crippen molar-refractivity contribution in [2.75, 3.05) is 79.0 Å². The predicted octanol–water partition coefficient (Wildman–Crippen LogP) is -4.47. The summed E-state index contributed by atoms with van der Waals surface area (Å²) in [6, 6.07) is 0. The topological polar surface area (TPSA) is 327 Å². The SMILES string of the molecule is C=CC(=O)NCCOC(=O)C(=O)OCC(COC(=O)C(=O)OCCNC(=O)C=C)(COC(=O)C(=O)OCCNC(=O)C=C)COC(=O)C(=O)OCCNC(=O)C=C. The molecule has 57 heavy (non-hydrogen) atoms. The summed E-state index contributed by atoms with van der Waals surface area (Å²) in [4.78, 5) is 144. The summed E-state index contributed by atoms with van der Waals surface area (Å²) in [6.07, 6.45) is 3.66. The van der Waals surface area contributed by atoms with E-state index in [1.807, 2.05) is 0 Å². The lowest BCUT2D eigenvalue weighted by molar-refractivity contribution is -0.186. The Balaban J connectivity index is 6.20. The van der Waals surface area contributed by atoms with Crippen LogP contribution in [-0.2, 0) is 95.4 Å². The van der Waals surface area contributed by atoms with Crippen LogP contribution in [-0.4, -0.2) is 150 Å². The van der Waals surface area contributed by atoms with Crippen molar-refractivity contribution in [2.24, 2.45) is 5.41 Å². The van der Waals surface area contributed by atoms with Crippen molar-refractivity contribution in [2.45, 2.75) is 0 Å². The van der Waals surface area contributed by atoms with Gasteiger partial charge in [0, 0.05) is 0 Å². The van der Waals surface area contributed by atoms with Crippen LogP contribution >= 0.6 is 0 Å². The first-order chi connectivity index (χ1) is 27.0. The molecule has 0 aromatic rings. The molecule has 4 N–H and O–H groups in total. The van der Waals surface area contributed by atoms with E-state index in [0.29, 0.717) is 0 Å². The van der Waals surface area contributed by atoms with Crippen LogP contribution in [0.25, 0.3) is 0 Å². The van der Waals surface area contributed by atoms with Crippen molar-refractivity contribution < 1.29 is 95.4 Å². The number of hydrogen-bond donors (Lipinski definition) is 4. The Labute approximate surface area is 323 Å². The molecular weight excluding hydrogens is 772 g/mol. The van der Waals surface area contributed by atoms with E-state index in [-0.39, 0.29) is 26.2 Å². The third-order valence-corrected chi connectivity index (χ3v) is 5.98. The molecule has 0 atom stereocenters. The number of carbonyl (C=O) groups excluding carboxylic acids is 12. The van der Waals surface area contributed by atoms with E-state index in [1.54, 1.807) is 0 Å². The Kier molecular flexibility index (Phi) is 24.5. The molecule has 0 unspecified atom stereocenters. The molecule has 0 radical (unpaired) electrons. The first kappa shape index (κ1) is 49.6. The van der Waals surface area contributed by atoms with Crippen LogP contribution in [0, 0.1) is 5.41 Å². The molecule has 0 spiro atoms. The van der Waals surface area contributed by atoms with Gasteiger partial charge in [0.05, 0.1) is 26.2 Å². The second-order valence-electron chi connectivity index (χ2n) is 10.3. The summed E-state index contributed by atoms with van der Waals surface area (Å²) < 4.78 is 38.2. The summed E-state index contributed by atoms with van der Waals surface area (Å²) in [5.41, 5.74) is -2.36. The number of nitrogens with one attached hydrogen (secondary N) is 4. The van der Waals surface area contributed by atoms with E-state index >= 15 is 0 Å². The molecule has 312 valence electrons. The third kappa shape index (κ3) is 22.4. The van der Waals surface area contributed by atoms with Gasteiger partial charge in [0.25, 0.3) is 0 Å². The highest BCUT2D eigenvalue weighted by Crippen LogP contribution is 2.22. The quantitative estimate of drug-likeness (QED) is 0.0235. The number of carbonyl (C=O) groups is 12. The van der Waals surface area contributed by atoms with Gasteiger partial charge in [0.15, 0.2) is 0 Å². The maximum absolute atomic E-state index is 12.5. The van der Waals surface area contributed by atoms with E-state index in [9.17, 15) is 57.5 Å². The molecule has 0 aromatic heterocycles. The van der Waals surface area contributed by atoms with Crippen LogP contribution in [0.2, 0.25) is 0 Å². The second-order valence-corrected chi connectivity index (χ2v) is 10.3. The van der Waals surface area contributed by atoms with E-state index in [1.165, 1.54) is 0 Å². The standard InChI is InChI=1S/C33H40N4O20/c1-5-21(38)34-9-13-50-25(42)29(46)54-17-33(18-55-30(47)26(43)51-14-10-35-22(39)6-2,19-56-31(48)27(44)52-15-11-36-23(40)7-3)20-57-32(49)28(45)53-16-12-37-24(41)8-4/h5-8H,1-4,9-20H2,(H,34,38)(H,35,39)(H,36,40)(H,37,41). The normalized spacial score (nSPS) is 9.96. The van der Waals surface area contributed by atoms with Gasteiger partial charge in [-0.25, -0.2) is 38.4 Å². The molecule has 0 saturated heterocycles. The molecule has 0 fully saturated rings. The molecule has 0 rings (SSSR count). The van der Waals surface area contributed by atoms with E-state index < -0.39 is 130 Å². The van der Waals surface area contributed by atoms with Crippen molar-refractivity contribution in [3.8, 4) is 0 Å². The average Bonchev–Trinajstić information content (AvgIpc) is 3.21. The number of amides is 4. The second kappa shape index (κ2) is 28.1. The first-order valence-corrected chi connectivity index (χ1v) is 16.0. The van der Waals surface area contributed by atoms with Crippen LogP contribution < -0.4 is 21.3 Å². The van der Waals surface area contributed by atoms with Crippen molar-refractivity contribution in [1.29, 1.82) is 0 Å². The van der Waals surface area contributed by atoms with E-state index in [2.05, 4.69) is 66.5 Å². The number of rotatable bonds is 24. The molecule has 0 bridgehead atoms. The minimum atomic E-state index is -2.36. The number of ether oxygens (including phenoxy) is 8. The summed E-state index contributed by atoms with van der Waals surface area (Å²) in [6.45, 7) is 4.81. The zero-order valence-electron chi connectivity index (χ0n) is 30.3. The van der Waals surface area contributed by atoms with Crippen molar-refractivity contribution in [3.63, 3.8) is 0 Å². The van der Waals surface area contributed by atoms with Crippen LogP contribution in [0.15, 0.2) is 50.6 Å². The summed E-state index contributed by atoms with van der Waals surface area (Å²) in [5.74, 6) is -16.1. The first-order valence-electron chi connectivity index (χ1n) is 16.0. The van der Waals surface area contributed by atoms with Crippen LogP contribution in [0.5, 0.6) is 0 Å². The van der Waals surface area contributed by atoms with Crippen molar-refractivity contribution >= 4 is 71.4 Å². The summed E-state index contributed by atoms with van der Waals surface area (Å²) >= 11 is 0. The third-order valence-electron chi connectivity index (χ3n) is 5.98. The van der Waals surface area contributed by atoms with Crippen molar-refractivity contribution in [1.82, 2.24) is 21.3 Å². The molecule has 4 amide bonds. The van der Waals surface area contributed by atoms with Gasteiger partial charge in [-0.3, -0.25) is 19.2 Å². The molecule has 0 aromatic carbocycles. The summed E-state index contributed by atoms with van der Waals surface area (Å²) in [5, 5.41) is 9.00. The Morgan fingerprint density at radius 2 is 0.509 bits per heavy atom. The Bertz CT molecular complexity index is 1340. The predicted molar refractivity (Wildman–Crippen MR) is 183 cm³/mol. The van der Waals surface area contributed by atoms with Crippen LogP contribution in [0.1, 0.15) is 0 Å². The zero-order chi connectivity index (χ0) is 43.2.